The largest absolute Gasteiger partial charge is 0.309 e. The maximum atomic E-state index is 2.58. The van der Waals surface area contributed by atoms with Crippen molar-refractivity contribution in [1.29, 1.82) is 0 Å². The molecule has 9 aromatic rings. The number of fused-ring (bicyclic) bond motifs is 10. The maximum absolute atomic E-state index is 2.58. The fourth-order valence-electron chi connectivity index (χ4n) is 9.02. The van der Waals surface area contributed by atoms with Crippen molar-refractivity contribution in [3.05, 3.63) is 157 Å². The molecule has 10 rings (SSSR count). The first-order valence-corrected chi connectivity index (χ1v) is 18.0. The monoisotopic (exact) mass is 644 g/mol. The van der Waals surface area contributed by atoms with Gasteiger partial charge in [-0.05, 0) is 111 Å². The van der Waals surface area contributed by atoms with E-state index in [1.165, 1.54) is 101 Å². The van der Waals surface area contributed by atoms with E-state index in [1.54, 1.807) is 0 Å². The number of rotatable bonds is 3. The van der Waals surface area contributed by atoms with Gasteiger partial charge in [0.2, 0.25) is 0 Å². The fourth-order valence-corrected chi connectivity index (χ4v) is 9.02. The summed E-state index contributed by atoms with van der Waals surface area (Å²) >= 11 is 0. The highest BCUT2D eigenvalue weighted by Gasteiger charge is 2.38. The van der Waals surface area contributed by atoms with Gasteiger partial charge >= 0.3 is 0 Å². The highest BCUT2D eigenvalue weighted by molar-refractivity contribution is 6.33. The minimum absolute atomic E-state index is 0.104. The van der Waals surface area contributed by atoms with Crippen LogP contribution in [0.15, 0.2) is 146 Å². The zero-order chi connectivity index (χ0) is 33.8. The molecule has 2 heterocycles. The van der Waals surface area contributed by atoms with Crippen molar-refractivity contribution in [2.24, 2.45) is 0 Å². The molecule has 7 aromatic carbocycles. The molecule has 0 amide bonds. The predicted molar refractivity (Wildman–Crippen MR) is 213 cm³/mol. The van der Waals surface area contributed by atoms with Crippen LogP contribution >= 0.6 is 0 Å². The van der Waals surface area contributed by atoms with Crippen LogP contribution in [0.25, 0.3) is 76.9 Å². The zero-order valence-corrected chi connectivity index (χ0v) is 29.2. The quantitative estimate of drug-likeness (QED) is 0.181. The molecule has 1 aliphatic rings. The van der Waals surface area contributed by atoms with E-state index in [0.717, 1.165) is 0 Å². The van der Waals surface area contributed by atoms with E-state index >= 15 is 0 Å². The van der Waals surface area contributed by atoms with E-state index in [0.29, 0.717) is 0 Å². The second-order valence-corrected chi connectivity index (χ2v) is 15.6. The molecule has 1 aliphatic carbocycles. The van der Waals surface area contributed by atoms with Gasteiger partial charge in [-0.3, -0.25) is 0 Å². The highest BCUT2D eigenvalue weighted by atomic mass is 15.0. The van der Waals surface area contributed by atoms with Gasteiger partial charge in [-0.2, -0.15) is 0 Å². The van der Waals surface area contributed by atoms with Gasteiger partial charge in [-0.15, -0.1) is 0 Å². The molecule has 0 radical (unpaired) electrons. The Kier molecular flexibility index (Phi) is 6.13. The van der Waals surface area contributed by atoms with Crippen LogP contribution in [0.4, 0.5) is 0 Å². The summed E-state index contributed by atoms with van der Waals surface area (Å²) in [5.41, 5.74) is 13.0. The minimum Gasteiger partial charge on any atom is -0.309 e. The van der Waals surface area contributed by atoms with Crippen LogP contribution in [0.5, 0.6) is 0 Å². The van der Waals surface area contributed by atoms with Crippen LogP contribution in [-0.2, 0) is 10.8 Å². The van der Waals surface area contributed by atoms with Crippen LogP contribution < -0.4 is 0 Å². The van der Waals surface area contributed by atoms with E-state index in [2.05, 4.69) is 182 Å². The summed E-state index contributed by atoms with van der Waals surface area (Å²) in [5.74, 6) is 0. The Labute approximate surface area is 293 Å². The molecule has 242 valence electrons. The summed E-state index contributed by atoms with van der Waals surface area (Å²) in [5, 5.41) is 7.87. The lowest BCUT2D eigenvalue weighted by Crippen LogP contribution is -2.33. The lowest BCUT2D eigenvalue weighted by Gasteiger charge is -2.42. The third kappa shape index (κ3) is 4.15. The molecule has 0 saturated heterocycles. The normalized spacial score (nSPS) is 15.4. The minimum atomic E-state index is 0.104. The molecule has 2 aromatic heterocycles. The molecule has 0 atom stereocenters. The van der Waals surface area contributed by atoms with Crippen LogP contribution in [0.1, 0.15) is 51.7 Å². The number of nitrogens with zero attached hydrogens (tertiary/aromatic N) is 2. The SMILES string of the molecule is CC1(C)CCC(C)(C)c2cc3c(cc21)c1c2c4c5ccccc5ccc4n(-c4cccc(-c5ccccc5)c4)c2ccc1n3-c1ccccc1. The van der Waals surface area contributed by atoms with Crippen LogP contribution in [-0.4, -0.2) is 9.13 Å². The van der Waals surface area contributed by atoms with Gasteiger partial charge in [0.05, 0.1) is 22.1 Å². The summed E-state index contributed by atoms with van der Waals surface area (Å²) < 4.78 is 5.02. The number of hydrogen-bond donors (Lipinski definition) is 0. The Morgan fingerprint density at radius 1 is 0.400 bits per heavy atom. The van der Waals surface area contributed by atoms with Gasteiger partial charge in [0.1, 0.15) is 0 Å². The number of benzene rings is 7. The van der Waals surface area contributed by atoms with Crippen molar-refractivity contribution in [2.75, 3.05) is 0 Å². The molecule has 2 heteroatoms. The molecule has 0 fully saturated rings. The van der Waals surface area contributed by atoms with Crippen molar-refractivity contribution < 1.29 is 0 Å². The smallest absolute Gasteiger partial charge is 0.0549 e. The van der Waals surface area contributed by atoms with Gasteiger partial charge in [-0.25, -0.2) is 0 Å². The number of aromatic nitrogens is 2. The first kappa shape index (κ1) is 29.3. The van der Waals surface area contributed by atoms with Crippen LogP contribution in [0, 0.1) is 0 Å². The Morgan fingerprint density at radius 2 is 0.940 bits per heavy atom. The average molecular weight is 645 g/mol. The third-order valence-electron chi connectivity index (χ3n) is 11.7. The van der Waals surface area contributed by atoms with E-state index in [-0.39, 0.29) is 10.8 Å². The van der Waals surface area contributed by atoms with Crippen molar-refractivity contribution in [3.8, 4) is 22.5 Å². The van der Waals surface area contributed by atoms with Crippen molar-refractivity contribution in [3.63, 3.8) is 0 Å². The Hall–Kier alpha value is -5.60. The fraction of sp³-hybridized carbons (Fsp3) is 0.167. The maximum Gasteiger partial charge on any atom is 0.0549 e. The molecule has 0 spiro atoms. The predicted octanol–water partition coefficient (Wildman–Crippen LogP) is 13.0. The molecule has 0 unspecified atom stereocenters. The second kappa shape index (κ2) is 10.5. The molecule has 0 N–H and O–H groups in total. The lowest BCUT2D eigenvalue weighted by molar-refractivity contribution is 0.332. The van der Waals surface area contributed by atoms with Gasteiger partial charge < -0.3 is 9.13 Å². The average Bonchev–Trinajstić information content (AvgIpc) is 3.66. The summed E-state index contributed by atoms with van der Waals surface area (Å²) in [7, 11) is 0. The van der Waals surface area contributed by atoms with E-state index in [1.807, 2.05) is 0 Å². The van der Waals surface area contributed by atoms with Crippen molar-refractivity contribution in [2.45, 2.75) is 51.4 Å². The first-order chi connectivity index (χ1) is 24.3. The third-order valence-corrected chi connectivity index (χ3v) is 11.7. The summed E-state index contributed by atoms with van der Waals surface area (Å²) in [6.45, 7) is 9.75. The van der Waals surface area contributed by atoms with Gasteiger partial charge in [0.15, 0.2) is 0 Å². The molecule has 0 saturated carbocycles. The summed E-state index contributed by atoms with van der Waals surface area (Å²) in [6, 6.07) is 54.1. The zero-order valence-electron chi connectivity index (χ0n) is 29.2. The Balaban J connectivity index is 1.42. The van der Waals surface area contributed by atoms with E-state index < -0.39 is 0 Å². The lowest BCUT2D eigenvalue weighted by atomic mass is 9.63. The topological polar surface area (TPSA) is 9.86 Å². The summed E-state index contributed by atoms with van der Waals surface area (Å²) in [4.78, 5) is 0. The molecule has 50 heavy (non-hydrogen) atoms. The molecule has 0 bridgehead atoms. The number of hydrogen-bond acceptors (Lipinski definition) is 0. The highest BCUT2D eigenvalue weighted by Crippen LogP contribution is 2.50. The van der Waals surface area contributed by atoms with E-state index in [9.17, 15) is 0 Å². The summed E-state index contributed by atoms with van der Waals surface area (Å²) in [6.07, 6.45) is 2.38. The van der Waals surface area contributed by atoms with Gasteiger partial charge in [-0.1, -0.05) is 119 Å². The Bertz CT molecular complexity index is 2790. The second-order valence-electron chi connectivity index (χ2n) is 15.6. The van der Waals surface area contributed by atoms with Crippen LogP contribution in [0.2, 0.25) is 0 Å². The van der Waals surface area contributed by atoms with Crippen LogP contribution in [0.3, 0.4) is 0 Å². The van der Waals surface area contributed by atoms with Crippen molar-refractivity contribution >= 4 is 54.4 Å². The van der Waals surface area contributed by atoms with E-state index in [4.69, 9.17) is 0 Å². The standard InChI is InChI=1S/C48H40N2/c1-47(2)26-27-48(3,4)39-30-43-37(29-38(39)47)45-41(49(43)34-18-9-6-10-19-34)24-25-42-46(45)44-36-21-12-11-16-32(36)22-23-40(44)50(42)35-20-13-17-33(28-35)31-14-7-5-8-15-31/h5-25,28-30H,26-27H2,1-4H3. The first-order valence-electron chi connectivity index (χ1n) is 18.0. The molecular formula is C48H40N2. The molecule has 2 nitrogen and oxygen atoms in total. The van der Waals surface area contributed by atoms with Gasteiger partial charge in [0, 0.05) is 32.9 Å². The number of para-hydroxylation sites is 1. The van der Waals surface area contributed by atoms with Gasteiger partial charge in [0.25, 0.3) is 0 Å². The van der Waals surface area contributed by atoms with Crippen molar-refractivity contribution in [1.82, 2.24) is 9.13 Å². The Morgan fingerprint density at radius 3 is 1.68 bits per heavy atom. The molecular weight excluding hydrogens is 605 g/mol. The molecule has 0 aliphatic heterocycles.